The summed E-state index contributed by atoms with van der Waals surface area (Å²) in [6, 6.07) is 0.535. The second kappa shape index (κ2) is 7.02. The molecule has 0 aliphatic heterocycles. The SMILES string of the molecule is CCOC1CC(NC(CO)COC)C12CCCCC2. The number of aliphatic hydroxyl groups is 1. The van der Waals surface area contributed by atoms with Gasteiger partial charge in [-0.2, -0.15) is 0 Å². The van der Waals surface area contributed by atoms with Gasteiger partial charge in [0.15, 0.2) is 0 Å². The molecule has 2 aliphatic carbocycles. The Balaban J connectivity index is 1.96. The normalized spacial score (nSPS) is 31.1. The Bertz CT molecular complexity index is 266. The highest BCUT2D eigenvalue weighted by molar-refractivity contribution is 5.09. The third-order valence-corrected chi connectivity index (χ3v) is 4.96. The third-order valence-electron chi connectivity index (χ3n) is 4.96. The standard InChI is InChI=1S/C15H29NO3/c1-3-19-14-9-13(16-12(10-17)11-18-2)15(14)7-5-4-6-8-15/h12-14,16-17H,3-11H2,1-2H3. The summed E-state index contributed by atoms with van der Waals surface area (Å²) < 4.78 is 11.1. The van der Waals surface area contributed by atoms with Gasteiger partial charge in [0.25, 0.3) is 0 Å². The quantitative estimate of drug-likeness (QED) is 0.740. The van der Waals surface area contributed by atoms with E-state index in [1.807, 2.05) is 0 Å². The molecule has 4 heteroatoms. The van der Waals surface area contributed by atoms with E-state index >= 15 is 0 Å². The average molecular weight is 271 g/mol. The van der Waals surface area contributed by atoms with E-state index in [0.29, 0.717) is 24.2 Å². The van der Waals surface area contributed by atoms with Crippen LogP contribution in [-0.2, 0) is 9.47 Å². The van der Waals surface area contributed by atoms with E-state index in [-0.39, 0.29) is 12.6 Å². The predicted octanol–water partition coefficient (Wildman–Crippen LogP) is 1.71. The van der Waals surface area contributed by atoms with Crippen molar-refractivity contribution in [3.05, 3.63) is 0 Å². The van der Waals surface area contributed by atoms with Crippen LogP contribution in [-0.4, -0.2) is 50.2 Å². The van der Waals surface area contributed by atoms with E-state index in [1.165, 1.54) is 32.1 Å². The van der Waals surface area contributed by atoms with E-state index in [4.69, 9.17) is 9.47 Å². The van der Waals surface area contributed by atoms with Crippen molar-refractivity contribution in [2.24, 2.45) is 5.41 Å². The molecule has 0 bridgehead atoms. The number of aliphatic hydroxyl groups excluding tert-OH is 1. The molecule has 0 saturated heterocycles. The Morgan fingerprint density at radius 3 is 2.63 bits per heavy atom. The molecule has 0 aromatic heterocycles. The van der Waals surface area contributed by atoms with Gasteiger partial charge in [0.2, 0.25) is 0 Å². The van der Waals surface area contributed by atoms with Crippen LogP contribution >= 0.6 is 0 Å². The van der Waals surface area contributed by atoms with Gasteiger partial charge in [-0.15, -0.1) is 0 Å². The highest BCUT2D eigenvalue weighted by Gasteiger charge is 2.55. The lowest BCUT2D eigenvalue weighted by Gasteiger charge is -2.58. The maximum absolute atomic E-state index is 9.41. The van der Waals surface area contributed by atoms with Gasteiger partial charge in [0, 0.05) is 25.2 Å². The third kappa shape index (κ3) is 3.13. The van der Waals surface area contributed by atoms with Crippen molar-refractivity contribution in [1.29, 1.82) is 0 Å². The number of methoxy groups -OCH3 is 1. The van der Waals surface area contributed by atoms with Gasteiger partial charge in [0.1, 0.15) is 0 Å². The molecule has 0 aromatic carbocycles. The fourth-order valence-corrected chi connectivity index (χ4v) is 3.94. The van der Waals surface area contributed by atoms with Crippen LogP contribution in [0.1, 0.15) is 45.4 Å². The van der Waals surface area contributed by atoms with Crippen molar-refractivity contribution in [2.45, 2.75) is 63.6 Å². The van der Waals surface area contributed by atoms with E-state index < -0.39 is 0 Å². The second-order valence-corrected chi connectivity index (χ2v) is 6.03. The summed E-state index contributed by atoms with van der Waals surface area (Å²) >= 11 is 0. The summed E-state index contributed by atoms with van der Waals surface area (Å²) in [5, 5.41) is 13.0. The van der Waals surface area contributed by atoms with Crippen LogP contribution in [0.5, 0.6) is 0 Å². The first-order valence-corrected chi connectivity index (χ1v) is 7.74. The van der Waals surface area contributed by atoms with Gasteiger partial charge in [0.05, 0.1) is 25.4 Å². The molecule has 1 spiro atoms. The summed E-state index contributed by atoms with van der Waals surface area (Å²) in [6.07, 6.45) is 8.01. The zero-order valence-corrected chi connectivity index (χ0v) is 12.4. The van der Waals surface area contributed by atoms with Gasteiger partial charge < -0.3 is 19.9 Å². The minimum atomic E-state index is 0.0522. The lowest BCUT2D eigenvalue weighted by Crippen LogP contribution is -2.66. The Hall–Kier alpha value is -0.160. The summed E-state index contributed by atoms with van der Waals surface area (Å²) in [6.45, 7) is 3.60. The van der Waals surface area contributed by atoms with Gasteiger partial charge in [-0.1, -0.05) is 19.3 Å². The van der Waals surface area contributed by atoms with Crippen LogP contribution in [0.4, 0.5) is 0 Å². The molecule has 0 radical (unpaired) electrons. The first-order chi connectivity index (χ1) is 9.26. The lowest BCUT2D eigenvalue weighted by molar-refractivity contribution is -0.154. The molecule has 2 fully saturated rings. The average Bonchev–Trinajstić information content (AvgIpc) is 2.46. The van der Waals surface area contributed by atoms with Crippen LogP contribution in [0, 0.1) is 5.41 Å². The summed E-state index contributed by atoms with van der Waals surface area (Å²) in [4.78, 5) is 0. The zero-order chi connectivity index (χ0) is 13.7. The maximum Gasteiger partial charge on any atom is 0.0661 e. The first-order valence-electron chi connectivity index (χ1n) is 7.74. The van der Waals surface area contributed by atoms with Crippen LogP contribution in [0.25, 0.3) is 0 Å². The van der Waals surface area contributed by atoms with Gasteiger partial charge >= 0.3 is 0 Å². The van der Waals surface area contributed by atoms with Crippen molar-refractivity contribution in [3.63, 3.8) is 0 Å². The number of nitrogens with one attached hydrogen (secondary N) is 1. The molecule has 19 heavy (non-hydrogen) atoms. The van der Waals surface area contributed by atoms with Gasteiger partial charge in [-0.05, 0) is 26.2 Å². The molecular weight excluding hydrogens is 242 g/mol. The molecule has 112 valence electrons. The van der Waals surface area contributed by atoms with Crippen LogP contribution in [0.3, 0.4) is 0 Å². The van der Waals surface area contributed by atoms with E-state index in [1.54, 1.807) is 7.11 Å². The van der Waals surface area contributed by atoms with Crippen molar-refractivity contribution in [2.75, 3.05) is 26.9 Å². The Labute approximate surface area is 116 Å². The van der Waals surface area contributed by atoms with Gasteiger partial charge in [-0.3, -0.25) is 0 Å². The molecule has 2 N–H and O–H groups in total. The minimum Gasteiger partial charge on any atom is -0.395 e. The molecular formula is C15H29NO3. The number of hydrogen-bond acceptors (Lipinski definition) is 4. The van der Waals surface area contributed by atoms with Crippen LogP contribution < -0.4 is 5.32 Å². The zero-order valence-electron chi connectivity index (χ0n) is 12.4. The van der Waals surface area contributed by atoms with Crippen molar-refractivity contribution < 1.29 is 14.6 Å². The molecule has 3 atom stereocenters. The van der Waals surface area contributed by atoms with E-state index in [9.17, 15) is 5.11 Å². The Kier molecular flexibility index (Phi) is 5.63. The molecule has 2 rings (SSSR count). The molecule has 2 aliphatic rings. The maximum atomic E-state index is 9.41. The fourth-order valence-electron chi connectivity index (χ4n) is 3.94. The highest BCUT2D eigenvalue weighted by Crippen LogP contribution is 2.53. The van der Waals surface area contributed by atoms with Gasteiger partial charge in [-0.25, -0.2) is 0 Å². The predicted molar refractivity (Wildman–Crippen MR) is 75.2 cm³/mol. The minimum absolute atomic E-state index is 0.0522. The first kappa shape index (κ1) is 15.2. The molecule has 4 nitrogen and oxygen atoms in total. The monoisotopic (exact) mass is 271 g/mol. The summed E-state index contributed by atoms with van der Waals surface area (Å²) in [5.74, 6) is 0. The topological polar surface area (TPSA) is 50.7 Å². The lowest BCUT2D eigenvalue weighted by atomic mass is 9.55. The fraction of sp³-hybridized carbons (Fsp3) is 1.00. The molecule has 3 unspecified atom stereocenters. The number of ether oxygens (including phenoxy) is 2. The molecule has 0 heterocycles. The van der Waals surface area contributed by atoms with Crippen molar-refractivity contribution >= 4 is 0 Å². The summed E-state index contributed by atoms with van der Waals surface area (Å²) in [5.41, 5.74) is 0.315. The van der Waals surface area contributed by atoms with Crippen molar-refractivity contribution in [1.82, 2.24) is 5.32 Å². The van der Waals surface area contributed by atoms with Crippen LogP contribution in [0.15, 0.2) is 0 Å². The largest absolute Gasteiger partial charge is 0.395 e. The highest BCUT2D eigenvalue weighted by atomic mass is 16.5. The van der Waals surface area contributed by atoms with E-state index in [2.05, 4.69) is 12.2 Å². The molecule has 0 amide bonds. The summed E-state index contributed by atoms with van der Waals surface area (Å²) in [7, 11) is 1.69. The molecule has 0 aromatic rings. The second-order valence-electron chi connectivity index (χ2n) is 6.03. The number of hydrogen-bond donors (Lipinski definition) is 2. The number of rotatable bonds is 7. The van der Waals surface area contributed by atoms with Crippen LogP contribution in [0.2, 0.25) is 0 Å². The Morgan fingerprint density at radius 1 is 1.32 bits per heavy atom. The Morgan fingerprint density at radius 2 is 2.05 bits per heavy atom. The van der Waals surface area contributed by atoms with Crippen molar-refractivity contribution in [3.8, 4) is 0 Å². The van der Waals surface area contributed by atoms with E-state index in [0.717, 1.165) is 13.0 Å². The molecule has 2 saturated carbocycles. The smallest absolute Gasteiger partial charge is 0.0661 e.